The quantitative estimate of drug-likeness (QED) is 0.677. The van der Waals surface area contributed by atoms with Gasteiger partial charge in [0.15, 0.2) is 0 Å². The van der Waals surface area contributed by atoms with Crippen molar-refractivity contribution in [2.45, 2.75) is 18.9 Å². The fourth-order valence-corrected chi connectivity index (χ4v) is 3.54. The van der Waals surface area contributed by atoms with E-state index in [1.54, 1.807) is 0 Å². The molecule has 0 aromatic heterocycles. The fourth-order valence-electron chi connectivity index (χ4n) is 3.54. The molecular formula is C21H20N4O2. The van der Waals surface area contributed by atoms with Crippen LogP contribution < -0.4 is 21.7 Å². The maximum Gasteiger partial charge on any atom is 0.323 e. The first-order valence-corrected chi connectivity index (χ1v) is 8.79. The Bertz CT molecular complexity index is 979. The molecule has 2 aromatic carbocycles. The molecule has 0 spiro atoms. The second kappa shape index (κ2) is 6.64. The molecule has 1 atom stereocenters. The number of urea groups is 1. The standard InChI is InChI=1S/C21H20N4O2/c1-12-18(22)19(25-21(27)23-12)20(26)24-17-10-9-14-7-8-15(11-16(14)17)13-5-3-2-4-6-13/h2-8,11,17H,1,9-10,22H2,(H,24,26)(H2,23,25,27)/t17-/m1/s1. The number of fused-ring (bicyclic) bond motifs is 1. The molecule has 0 bridgehead atoms. The van der Waals surface area contributed by atoms with Crippen molar-refractivity contribution in [2.75, 3.05) is 0 Å². The Labute approximate surface area is 157 Å². The van der Waals surface area contributed by atoms with E-state index >= 15 is 0 Å². The second-order valence-electron chi connectivity index (χ2n) is 6.69. The van der Waals surface area contributed by atoms with Crippen LogP contribution in [0.1, 0.15) is 23.6 Å². The number of amides is 3. The van der Waals surface area contributed by atoms with Gasteiger partial charge in [0.05, 0.1) is 17.4 Å². The number of benzene rings is 2. The number of nitrogens with one attached hydrogen (secondary N) is 3. The molecule has 1 aliphatic heterocycles. The van der Waals surface area contributed by atoms with Crippen LogP contribution in [-0.2, 0) is 11.2 Å². The highest BCUT2D eigenvalue weighted by Crippen LogP contribution is 2.34. The lowest BCUT2D eigenvalue weighted by atomic mass is 9.99. The minimum atomic E-state index is -0.516. The van der Waals surface area contributed by atoms with Crippen molar-refractivity contribution in [3.63, 3.8) is 0 Å². The normalized spacial score (nSPS) is 18.6. The smallest absolute Gasteiger partial charge is 0.323 e. The molecule has 27 heavy (non-hydrogen) atoms. The topological polar surface area (TPSA) is 96.2 Å². The summed E-state index contributed by atoms with van der Waals surface area (Å²) in [5.41, 5.74) is 10.9. The number of hydrogen-bond acceptors (Lipinski definition) is 3. The van der Waals surface area contributed by atoms with E-state index in [4.69, 9.17) is 5.73 Å². The Morgan fingerprint density at radius 1 is 1.11 bits per heavy atom. The van der Waals surface area contributed by atoms with Crippen molar-refractivity contribution in [1.29, 1.82) is 0 Å². The van der Waals surface area contributed by atoms with Crippen molar-refractivity contribution in [2.24, 2.45) is 5.73 Å². The number of carbonyl (C=O) groups excluding carboxylic acids is 2. The molecular weight excluding hydrogens is 340 g/mol. The third-order valence-corrected chi connectivity index (χ3v) is 4.96. The highest BCUT2D eigenvalue weighted by Gasteiger charge is 2.29. The van der Waals surface area contributed by atoms with Gasteiger partial charge in [0.2, 0.25) is 0 Å². The molecule has 6 heteroatoms. The Kier molecular flexibility index (Phi) is 4.16. The lowest BCUT2D eigenvalue weighted by Gasteiger charge is -2.22. The number of rotatable bonds is 3. The molecule has 5 N–H and O–H groups in total. The Hall–Kier alpha value is -3.54. The first kappa shape index (κ1) is 16.9. The average molecular weight is 360 g/mol. The summed E-state index contributed by atoms with van der Waals surface area (Å²) in [5, 5.41) is 7.90. The van der Waals surface area contributed by atoms with Crippen LogP contribution >= 0.6 is 0 Å². The van der Waals surface area contributed by atoms with Crippen LogP contribution in [0.4, 0.5) is 4.79 Å². The van der Waals surface area contributed by atoms with E-state index in [0.29, 0.717) is 0 Å². The van der Waals surface area contributed by atoms with Gasteiger partial charge in [0, 0.05) is 0 Å². The third kappa shape index (κ3) is 3.17. The van der Waals surface area contributed by atoms with Crippen molar-refractivity contribution in [1.82, 2.24) is 16.0 Å². The van der Waals surface area contributed by atoms with E-state index in [9.17, 15) is 9.59 Å². The van der Waals surface area contributed by atoms with Crippen LogP contribution in [0.15, 0.2) is 72.2 Å². The van der Waals surface area contributed by atoms with Gasteiger partial charge in [-0.3, -0.25) is 4.79 Å². The molecule has 2 aromatic rings. The lowest BCUT2D eigenvalue weighted by Crippen LogP contribution is -2.47. The van der Waals surface area contributed by atoms with Gasteiger partial charge in [-0.05, 0) is 41.2 Å². The number of aryl methyl sites for hydroxylation is 1. The number of carbonyl (C=O) groups is 2. The Balaban J connectivity index is 1.59. The predicted molar refractivity (Wildman–Crippen MR) is 103 cm³/mol. The van der Waals surface area contributed by atoms with Crippen molar-refractivity contribution in [3.05, 3.63) is 83.3 Å². The maximum atomic E-state index is 12.7. The van der Waals surface area contributed by atoms with Crippen LogP contribution in [0.25, 0.3) is 11.1 Å². The average Bonchev–Trinajstić information content (AvgIpc) is 3.07. The highest BCUT2D eigenvalue weighted by molar-refractivity contribution is 6.00. The minimum absolute atomic E-state index is 0.0383. The minimum Gasteiger partial charge on any atom is -0.395 e. The molecule has 1 heterocycles. The molecule has 1 aliphatic carbocycles. The molecule has 0 fully saturated rings. The molecule has 0 radical (unpaired) electrons. The zero-order chi connectivity index (χ0) is 19.0. The maximum absolute atomic E-state index is 12.7. The Morgan fingerprint density at radius 3 is 2.67 bits per heavy atom. The summed E-state index contributed by atoms with van der Waals surface area (Å²) >= 11 is 0. The van der Waals surface area contributed by atoms with E-state index in [2.05, 4.69) is 52.9 Å². The van der Waals surface area contributed by atoms with Gasteiger partial charge >= 0.3 is 6.03 Å². The summed E-state index contributed by atoms with van der Waals surface area (Å²) in [5.74, 6) is -0.411. The van der Waals surface area contributed by atoms with Gasteiger partial charge in [-0.15, -0.1) is 0 Å². The van der Waals surface area contributed by atoms with E-state index in [-0.39, 0.29) is 23.1 Å². The van der Waals surface area contributed by atoms with Gasteiger partial charge in [-0.1, -0.05) is 49.0 Å². The Morgan fingerprint density at radius 2 is 1.89 bits per heavy atom. The molecule has 6 nitrogen and oxygen atoms in total. The third-order valence-electron chi connectivity index (χ3n) is 4.96. The summed E-state index contributed by atoms with van der Waals surface area (Å²) < 4.78 is 0. The van der Waals surface area contributed by atoms with E-state index < -0.39 is 11.9 Å². The van der Waals surface area contributed by atoms with Gasteiger partial charge in [0.1, 0.15) is 5.70 Å². The largest absolute Gasteiger partial charge is 0.395 e. The molecule has 136 valence electrons. The monoisotopic (exact) mass is 360 g/mol. The summed E-state index contributed by atoms with van der Waals surface area (Å²) in [4.78, 5) is 24.3. The van der Waals surface area contributed by atoms with Crippen molar-refractivity contribution in [3.8, 4) is 11.1 Å². The SMILES string of the molecule is C=C1NC(=O)NC(C(=O)N[C@@H]2CCc3ccc(-c4ccccc4)cc32)=C1N. The molecule has 0 saturated heterocycles. The molecule has 0 unspecified atom stereocenters. The second-order valence-corrected chi connectivity index (χ2v) is 6.69. The van der Waals surface area contributed by atoms with Gasteiger partial charge in [-0.2, -0.15) is 0 Å². The van der Waals surface area contributed by atoms with Gasteiger partial charge < -0.3 is 21.7 Å². The van der Waals surface area contributed by atoms with Crippen LogP contribution in [0.3, 0.4) is 0 Å². The van der Waals surface area contributed by atoms with E-state index in [1.807, 2.05) is 18.2 Å². The van der Waals surface area contributed by atoms with Gasteiger partial charge in [-0.25, -0.2) is 4.79 Å². The fraction of sp³-hybridized carbons (Fsp3) is 0.143. The summed E-state index contributed by atoms with van der Waals surface area (Å²) in [6.45, 7) is 3.66. The molecule has 0 saturated carbocycles. The summed E-state index contributed by atoms with van der Waals surface area (Å²) in [6.07, 6.45) is 1.70. The zero-order valence-corrected chi connectivity index (χ0v) is 14.7. The predicted octanol–water partition coefficient (Wildman–Crippen LogP) is 2.45. The number of hydrogen-bond donors (Lipinski definition) is 4. The first-order chi connectivity index (χ1) is 13.0. The first-order valence-electron chi connectivity index (χ1n) is 8.79. The van der Waals surface area contributed by atoms with Crippen LogP contribution in [0.2, 0.25) is 0 Å². The van der Waals surface area contributed by atoms with Crippen molar-refractivity contribution < 1.29 is 9.59 Å². The number of nitrogens with two attached hydrogens (primary N) is 1. The molecule has 4 rings (SSSR count). The summed E-state index contributed by atoms with van der Waals surface area (Å²) in [7, 11) is 0. The summed E-state index contributed by atoms with van der Waals surface area (Å²) in [6, 6.07) is 15.8. The van der Waals surface area contributed by atoms with Crippen LogP contribution in [0, 0.1) is 0 Å². The lowest BCUT2D eigenvalue weighted by molar-refractivity contribution is -0.118. The van der Waals surface area contributed by atoms with Crippen LogP contribution in [0.5, 0.6) is 0 Å². The molecule has 2 aliphatic rings. The highest BCUT2D eigenvalue weighted by atomic mass is 16.2. The van der Waals surface area contributed by atoms with Crippen molar-refractivity contribution >= 4 is 11.9 Å². The van der Waals surface area contributed by atoms with E-state index in [0.717, 1.165) is 29.5 Å². The zero-order valence-electron chi connectivity index (χ0n) is 14.7. The molecule has 3 amide bonds. The van der Waals surface area contributed by atoms with Gasteiger partial charge in [0.25, 0.3) is 5.91 Å². The van der Waals surface area contributed by atoms with Crippen LogP contribution in [-0.4, -0.2) is 11.9 Å². The van der Waals surface area contributed by atoms with E-state index in [1.165, 1.54) is 5.56 Å².